The van der Waals surface area contributed by atoms with Crippen molar-refractivity contribution >= 4 is 22.5 Å². The molecule has 1 aliphatic carbocycles. The van der Waals surface area contributed by atoms with Gasteiger partial charge in [-0.2, -0.15) is 0 Å². The summed E-state index contributed by atoms with van der Waals surface area (Å²) in [6, 6.07) is 58.4. The van der Waals surface area contributed by atoms with Crippen molar-refractivity contribution in [3.63, 3.8) is 0 Å². The highest BCUT2D eigenvalue weighted by Gasteiger charge is 2.46. The van der Waals surface area contributed by atoms with Gasteiger partial charge in [-0.15, -0.1) is 0 Å². The van der Waals surface area contributed by atoms with Crippen molar-refractivity contribution in [2.75, 3.05) is 0 Å². The lowest BCUT2D eigenvalue weighted by Crippen LogP contribution is -2.28. The molecule has 0 fully saturated rings. The van der Waals surface area contributed by atoms with Crippen LogP contribution in [0.2, 0.25) is 0 Å². The standard InChI is InChI=1S/C41H26S/c1-3-14-29(15-4-1)41(30-16-5-2-6-17-30)35-22-9-7-19-34(35)40-31(20-12-23-36(40)41)28-25-27-13-11-21-33-32-18-8-10-24-37(32)42-38(26-28)39(27)33/h1-26H. The van der Waals surface area contributed by atoms with Crippen LogP contribution in [0.3, 0.4) is 0 Å². The summed E-state index contributed by atoms with van der Waals surface area (Å²) < 4.78 is 0. The number of fused-ring (bicyclic) bond motifs is 5. The second-order valence-electron chi connectivity index (χ2n) is 11.2. The molecule has 196 valence electrons. The molecule has 7 aromatic rings. The van der Waals surface area contributed by atoms with E-state index in [1.807, 2.05) is 11.8 Å². The van der Waals surface area contributed by atoms with Crippen LogP contribution in [-0.4, -0.2) is 0 Å². The van der Waals surface area contributed by atoms with Crippen LogP contribution in [0.15, 0.2) is 168 Å². The van der Waals surface area contributed by atoms with Crippen LogP contribution in [0.5, 0.6) is 0 Å². The Kier molecular flexibility index (Phi) is 5.15. The van der Waals surface area contributed by atoms with E-state index in [1.54, 1.807) is 0 Å². The van der Waals surface area contributed by atoms with Gasteiger partial charge in [0.25, 0.3) is 0 Å². The zero-order valence-corrected chi connectivity index (χ0v) is 23.7. The third-order valence-corrected chi connectivity index (χ3v) is 10.2. The number of hydrogen-bond donors (Lipinski definition) is 0. The summed E-state index contributed by atoms with van der Waals surface area (Å²) in [5, 5.41) is 2.66. The summed E-state index contributed by atoms with van der Waals surface area (Å²) >= 11 is 1.90. The van der Waals surface area contributed by atoms with Crippen molar-refractivity contribution in [3.8, 4) is 33.4 Å². The first-order valence-electron chi connectivity index (χ1n) is 14.5. The van der Waals surface area contributed by atoms with Crippen molar-refractivity contribution in [2.24, 2.45) is 0 Å². The van der Waals surface area contributed by atoms with E-state index in [0.29, 0.717) is 0 Å². The van der Waals surface area contributed by atoms with Gasteiger partial charge in [0, 0.05) is 15.2 Å². The van der Waals surface area contributed by atoms with E-state index in [2.05, 4.69) is 158 Å². The zero-order chi connectivity index (χ0) is 27.7. The molecule has 9 rings (SSSR count). The van der Waals surface area contributed by atoms with Gasteiger partial charge in [0.2, 0.25) is 0 Å². The molecule has 1 heteroatoms. The average molecular weight is 551 g/mol. The third kappa shape index (κ3) is 3.20. The lowest BCUT2D eigenvalue weighted by atomic mass is 9.67. The third-order valence-electron chi connectivity index (χ3n) is 9.13. The molecule has 0 atom stereocenters. The first-order chi connectivity index (χ1) is 20.8. The molecule has 0 N–H and O–H groups in total. The van der Waals surface area contributed by atoms with Gasteiger partial charge in [0.05, 0.1) is 5.41 Å². The lowest BCUT2D eigenvalue weighted by molar-refractivity contribution is 0.768. The Morgan fingerprint density at radius 3 is 1.79 bits per heavy atom. The number of benzene rings is 7. The summed E-state index contributed by atoms with van der Waals surface area (Å²) in [5.41, 5.74) is 12.8. The topological polar surface area (TPSA) is 0 Å². The predicted molar refractivity (Wildman–Crippen MR) is 176 cm³/mol. The normalized spacial score (nSPS) is 13.8. The van der Waals surface area contributed by atoms with Crippen LogP contribution >= 0.6 is 11.8 Å². The molecule has 0 aromatic heterocycles. The smallest absolute Gasteiger partial charge is 0.0713 e. The van der Waals surface area contributed by atoms with E-state index in [9.17, 15) is 0 Å². The maximum absolute atomic E-state index is 2.43. The predicted octanol–water partition coefficient (Wildman–Crippen LogP) is 11.0. The van der Waals surface area contributed by atoms with Gasteiger partial charge >= 0.3 is 0 Å². The second-order valence-corrected chi connectivity index (χ2v) is 12.3. The Morgan fingerprint density at radius 2 is 1.00 bits per heavy atom. The Bertz CT molecular complexity index is 2120. The van der Waals surface area contributed by atoms with Crippen LogP contribution < -0.4 is 0 Å². The molecule has 0 amide bonds. The largest absolute Gasteiger partial charge is 0.0888 e. The summed E-state index contributed by atoms with van der Waals surface area (Å²) in [7, 11) is 0. The fourth-order valence-corrected chi connectivity index (χ4v) is 8.67. The molecule has 0 radical (unpaired) electrons. The van der Waals surface area contributed by atoms with Crippen LogP contribution in [0.1, 0.15) is 22.3 Å². The maximum atomic E-state index is 2.43. The van der Waals surface area contributed by atoms with E-state index in [1.165, 1.54) is 76.2 Å². The monoisotopic (exact) mass is 550 g/mol. The van der Waals surface area contributed by atoms with E-state index < -0.39 is 5.41 Å². The van der Waals surface area contributed by atoms with Gasteiger partial charge in [-0.05, 0) is 79.2 Å². The lowest BCUT2D eigenvalue weighted by Gasteiger charge is -2.34. The molecular weight excluding hydrogens is 525 g/mol. The van der Waals surface area contributed by atoms with Crippen molar-refractivity contribution in [3.05, 3.63) is 180 Å². The van der Waals surface area contributed by atoms with E-state index >= 15 is 0 Å². The summed E-state index contributed by atoms with van der Waals surface area (Å²) in [6.07, 6.45) is 0. The quantitative estimate of drug-likeness (QED) is 0.211. The van der Waals surface area contributed by atoms with Gasteiger partial charge in [-0.1, -0.05) is 151 Å². The Balaban J connectivity index is 1.36. The first-order valence-corrected chi connectivity index (χ1v) is 15.3. The summed E-state index contributed by atoms with van der Waals surface area (Å²) in [4.78, 5) is 2.66. The molecular formula is C41H26S. The highest BCUT2D eigenvalue weighted by molar-refractivity contribution is 7.99. The van der Waals surface area contributed by atoms with Crippen LogP contribution in [0.25, 0.3) is 44.2 Å². The second kappa shape index (κ2) is 9.08. The molecule has 0 spiro atoms. The summed E-state index contributed by atoms with van der Waals surface area (Å²) in [5.74, 6) is 0. The summed E-state index contributed by atoms with van der Waals surface area (Å²) in [6.45, 7) is 0. The molecule has 0 bridgehead atoms. The minimum atomic E-state index is -0.392. The van der Waals surface area contributed by atoms with Crippen molar-refractivity contribution < 1.29 is 0 Å². The van der Waals surface area contributed by atoms with Gasteiger partial charge in [0.1, 0.15) is 0 Å². The van der Waals surface area contributed by atoms with Crippen LogP contribution in [0, 0.1) is 0 Å². The Hall–Kier alpha value is -4.85. The van der Waals surface area contributed by atoms with E-state index in [-0.39, 0.29) is 0 Å². The molecule has 0 saturated heterocycles. The highest BCUT2D eigenvalue weighted by atomic mass is 32.2. The average Bonchev–Trinajstić information content (AvgIpc) is 3.37. The number of hydrogen-bond acceptors (Lipinski definition) is 1. The Labute approximate surface area is 250 Å². The Morgan fingerprint density at radius 1 is 0.405 bits per heavy atom. The molecule has 2 aliphatic rings. The zero-order valence-electron chi connectivity index (χ0n) is 22.9. The van der Waals surface area contributed by atoms with Crippen LogP contribution in [0.4, 0.5) is 0 Å². The SMILES string of the molecule is c1ccc(C2(c3ccccc3)c3ccccc3-c3c(-c4cc5c6c(cccc6c4)-c4ccccc4S5)cccc32)cc1. The molecule has 1 aliphatic heterocycles. The minimum absolute atomic E-state index is 0.392. The highest BCUT2D eigenvalue weighted by Crippen LogP contribution is 2.58. The fraction of sp³-hybridized carbons (Fsp3) is 0.0244. The molecule has 0 unspecified atom stereocenters. The molecule has 0 saturated carbocycles. The van der Waals surface area contributed by atoms with Gasteiger partial charge in [-0.3, -0.25) is 0 Å². The molecule has 7 aromatic carbocycles. The molecule has 42 heavy (non-hydrogen) atoms. The van der Waals surface area contributed by atoms with Gasteiger partial charge in [-0.25, -0.2) is 0 Å². The fourth-order valence-electron chi connectivity index (χ4n) is 7.48. The maximum Gasteiger partial charge on any atom is 0.0713 e. The van der Waals surface area contributed by atoms with Crippen molar-refractivity contribution in [1.82, 2.24) is 0 Å². The first kappa shape index (κ1) is 23.8. The molecule has 0 nitrogen and oxygen atoms in total. The van der Waals surface area contributed by atoms with Crippen molar-refractivity contribution in [2.45, 2.75) is 15.2 Å². The van der Waals surface area contributed by atoms with E-state index in [0.717, 1.165) is 0 Å². The minimum Gasteiger partial charge on any atom is -0.0888 e. The molecule has 1 heterocycles. The van der Waals surface area contributed by atoms with E-state index in [4.69, 9.17) is 0 Å². The van der Waals surface area contributed by atoms with Gasteiger partial charge < -0.3 is 0 Å². The van der Waals surface area contributed by atoms with Crippen molar-refractivity contribution in [1.29, 1.82) is 0 Å². The number of rotatable bonds is 3. The van der Waals surface area contributed by atoms with Gasteiger partial charge in [0.15, 0.2) is 0 Å². The van der Waals surface area contributed by atoms with Crippen LogP contribution in [-0.2, 0) is 5.41 Å².